The zero-order valence-electron chi connectivity index (χ0n) is 16.0. The summed E-state index contributed by atoms with van der Waals surface area (Å²) in [5.41, 5.74) is 1.05. The van der Waals surface area contributed by atoms with Gasteiger partial charge in [-0.1, -0.05) is 26.2 Å². The largest absolute Gasteiger partial charge is 0.349 e. The summed E-state index contributed by atoms with van der Waals surface area (Å²) >= 11 is 1.62. The Bertz CT molecular complexity index is 766. The van der Waals surface area contributed by atoms with E-state index in [9.17, 15) is 4.79 Å². The van der Waals surface area contributed by atoms with E-state index in [2.05, 4.69) is 34.8 Å². The van der Waals surface area contributed by atoms with Crippen LogP contribution >= 0.6 is 11.3 Å². The number of fused-ring (bicyclic) bond motifs is 1. The quantitative estimate of drug-likeness (QED) is 0.875. The number of nitrogens with zero attached hydrogens (tertiary/aromatic N) is 3. The van der Waals surface area contributed by atoms with Crippen LogP contribution in [0.4, 0.5) is 0 Å². The minimum absolute atomic E-state index is 0.0933. The Kier molecular flexibility index (Phi) is 5.32. The van der Waals surface area contributed by atoms with Gasteiger partial charge < -0.3 is 10.2 Å². The topological polar surface area (TPSA) is 50.2 Å². The Hall–Kier alpha value is -1.40. The molecular weight excluding hydrogens is 344 g/mol. The zero-order chi connectivity index (χ0) is 18.1. The molecule has 2 aromatic heterocycles. The number of piperidine rings is 1. The number of likely N-dealkylation sites (tertiary alicyclic amines) is 1. The van der Waals surface area contributed by atoms with Gasteiger partial charge in [-0.25, -0.2) is 0 Å². The molecule has 1 N–H and O–H groups in total. The maximum absolute atomic E-state index is 12.8. The van der Waals surface area contributed by atoms with Crippen LogP contribution in [0.15, 0.2) is 6.07 Å². The van der Waals surface area contributed by atoms with E-state index in [-0.39, 0.29) is 5.91 Å². The van der Waals surface area contributed by atoms with Crippen molar-refractivity contribution in [2.24, 2.45) is 0 Å². The molecule has 3 heterocycles. The first-order chi connectivity index (χ1) is 12.7. The lowest BCUT2D eigenvalue weighted by Gasteiger charge is -2.31. The number of hydrogen-bond acceptors (Lipinski definition) is 4. The van der Waals surface area contributed by atoms with Crippen molar-refractivity contribution in [3.63, 3.8) is 0 Å². The van der Waals surface area contributed by atoms with Gasteiger partial charge in [0.15, 0.2) is 0 Å². The van der Waals surface area contributed by atoms with Gasteiger partial charge >= 0.3 is 0 Å². The highest BCUT2D eigenvalue weighted by atomic mass is 32.1. The fourth-order valence-corrected chi connectivity index (χ4v) is 5.54. The third kappa shape index (κ3) is 3.54. The number of rotatable bonds is 4. The molecule has 1 saturated carbocycles. The summed E-state index contributed by atoms with van der Waals surface area (Å²) < 4.78 is 2.21. The Labute approximate surface area is 159 Å². The van der Waals surface area contributed by atoms with Crippen molar-refractivity contribution in [1.29, 1.82) is 0 Å². The third-order valence-electron chi connectivity index (χ3n) is 6.08. The summed E-state index contributed by atoms with van der Waals surface area (Å²) in [5, 5.41) is 9.22. The third-order valence-corrected chi connectivity index (χ3v) is 7.21. The second kappa shape index (κ2) is 7.69. The second-order valence-corrected chi connectivity index (χ2v) is 8.86. The van der Waals surface area contributed by atoms with Crippen molar-refractivity contribution in [3.8, 4) is 0 Å². The van der Waals surface area contributed by atoms with Gasteiger partial charge in [0.05, 0.1) is 16.6 Å². The molecule has 2 aromatic rings. The van der Waals surface area contributed by atoms with Crippen LogP contribution < -0.4 is 5.32 Å². The number of carbonyl (C=O) groups excluding carboxylic acids is 1. The van der Waals surface area contributed by atoms with E-state index in [0.29, 0.717) is 12.1 Å². The van der Waals surface area contributed by atoms with Crippen LogP contribution in [0.3, 0.4) is 0 Å². The van der Waals surface area contributed by atoms with E-state index in [1.54, 1.807) is 11.3 Å². The Morgan fingerprint density at radius 2 is 1.96 bits per heavy atom. The number of carbonyl (C=O) groups is 1. The van der Waals surface area contributed by atoms with E-state index in [1.807, 2.05) is 0 Å². The summed E-state index contributed by atoms with van der Waals surface area (Å²) in [6.45, 7) is 7.55. The minimum atomic E-state index is 0.0933. The molecule has 1 saturated heterocycles. The van der Waals surface area contributed by atoms with E-state index in [1.165, 1.54) is 36.9 Å². The molecule has 0 spiro atoms. The molecule has 1 aliphatic heterocycles. The standard InChI is InChI=1S/C20H30N4OS/c1-3-23-11-9-15(10-12-23)21-19(25)18-13-17-14(2)22-24(20(17)26-18)16-7-5-4-6-8-16/h13,15-16H,3-12H2,1-2H3,(H,21,25). The Morgan fingerprint density at radius 1 is 1.23 bits per heavy atom. The van der Waals surface area contributed by atoms with E-state index < -0.39 is 0 Å². The maximum Gasteiger partial charge on any atom is 0.261 e. The normalized spacial score (nSPS) is 20.7. The molecule has 6 heteroatoms. The molecule has 0 atom stereocenters. The Balaban J connectivity index is 1.49. The smallest absolute Gasteiger partial charge is 0.261 e. The first kappa shape index (κ1) is 18.0. The summed E-state index contributed by atoms with van der Waals surface area (Å²) in [6, 6.07) is 2.87. The molecule has 26 heavy (non-hydrogen) atoms. The van der Waals surface area contributed by atoms with Crippen molar-refractivity contribution in [1.82, 2.24) is 20.0 Å². The first-order valence-electron chi connectivity index (χ1n) is 10.2. The predicted octanol–water partition coefficient (Wildman–Crippen LogP) is 4.13. The lowest BCUT2D eigenvalue weighted by Crippen LogP contribution is -2.44. The molecule has 0 bridgehead atoms. The molecule has 0 unspecified atom stereocenters. The van der Waals surface area contributed by atoms with Crippen LogP contribution in [0.1, 0.15) is 73.3 Å². The summed E-state index contributed by atoms with van der Waals surface area (Å²) in [5.74, 6) is 0.0933. The van der Waals surface area contributed by atoms with Crippen molar-refractivity contribution >= 4 is 27.5 Å². The highest BCUT2D eigenvalue weighted by Gasteiger charge is 2.24. The van der Waals surface area contributed by atoms with Crippen LogP contribution in [0.5, 0.6) is 0 Å². The molecule has 1 aliphatic carbocycles. The fourth-order valence-electron chi connectivity index (χ4n) is 4.41. The molecule has 2 fully saturated rings. The summed E-state index contributed by atoms with van der Waals surface area (Å²) in [7, 11) is 0. The average Bonchev–Trinajstić information content (AvgIpc) is 3.24. The monoisotopic (exact) mass is 374 g/mol. The minimum Gasteiger partial charge on any atom is -0.349 e. The van der Waals surface area contributed by atoms with Crippen LogP contribution in [0, 0.1) is 6.92 Å². The van der Waals surface area contributed by atoms with Crippen LogP contribution in [0.2, 0.25) is 0 Å². The molecule has 142 valence electrons. The van der Waals surface area contributed by atoms with Crippen LogP contribution in [0.25, 0.3) is 10.2 Å². The van der Waals surface area contributed by atoms with Gasteiger partial charge in [0.1, 0.15) is 4.83 Å². The maximum atomic E-state index is 12.8. The van der Waals surface area contributed by atoms with Crippen molar-refractivity contribution in [3.05, 3.63) is 16.6 Å². The Morgan fingerprint density at radius 3 is 2.65 bits per heavy atom. The van der Waals surface area contributed by atoms with Gasteiger partial charge in [-0.2, -0.15) is 5.10 Å². The number of nitrogens with one attached hydrogen (secondary N) is 1. The molecule has 0 aromatic carbocycles. The number of aromatic nitrogens is 2. The molecule has 4 rings (SSSR count). The van der Waals surface area contributed by atoms with Crippen LogP contribution in [-0.4, -0.2) is 46.3 Å². The molecule has 5 nitrogen and oxygen atoms in total. The fraction of sp³-hybridized carbons (Fsp3) is 0.700. The van der Waals surface area contributed by atoms with Gasteiger partial charge in [0, 0.05) is 24.5 Å². The van der Waals surface area contributed by atoms with Crippen molar-refractivity contribution < 1.29 is 4.79 Å². The average molecular weight is 375 g/mol. The van der Waals surface area contributed by atoms with Gasteiger partial charge in [0.25, 0.3) is 5.91 Å². The number of amides is 1. The SMILES string of the molecule is CCN1CCC(NC(=O)c2cc3c(C)nn(C4CCCCC4)c3s2)CC1. The van der Waals surface area contributed by atoms with Gasteiger partial charge in [-0.05, 0) is 45.2 Å². The highest BCUT2D eigenvalue weighted by molar-refractivity contribution is 7.20. The van der Waals surface area contributed by atoms with E-state index in [4.69, 9.17) is 5.10 Å². The molecule has 0 radical (unpaired) electrons. The van der Waals surface area contributed by atoms with Crippen molar-refractivity contribution in [2.75, 3.05) is 19.6 Å². The predicted molar refractivity (Wildman–Crippen MR) is 107 cm³/mol. The van der Waals surface area contributed by atoms with Gasteiger partial charge in [-0.15, -0.1) is 11.3 Å². The highest BCUT2D eigenvalue weighted by Crippen LogP contribution is 2.35. The lowest BCUT2D eigenvalue weighted by molar-refractivity contribution is 0.0917. The molecule has 2 aliphatic rings. The van der Waals surface area contributed by atoms with Crippen LogP contribution in [-0.2, 0) is 0 Å². The number of aryl methyl sites for hydroxylation is 1. The van der Waals surface area contributed by atoms with E-state index >= 15 is 0 Å². The molecular formula is C20H30N4OS. The number of thiophene rings is 1. The van der Waals surface area contributed by atoms with E-state index in [0.717, 1.165) is 48.4 Å². The lowest BCUT2D eigenvalue weighted by atomic mass is 9.96. The first-order valence-corrected chi connectivity index (χ1v) is 11.0. The molecule has 1 amide bonds. The van der Waals surface area contributed by atoms with Crippen molar-refractivity contribution in [2.45, 2.75) is 70.9 Å². The summed E-state index contributed by atoms with van der Waals surface area (Å²) in [6.07, 6.45) is 8.46. The zero-order valence-corrected chi connectivity index (χ0v) is 16.8. The van der Waals surface area contributed by atoms with Gasteiger partial charge in [-0.3, -0.25) is 9.48 Å². The number of hydrogen-bond donors (Lipinski definition) is 1. The second-order valence-electron chi connectivity index (χ2n) is 7.83. The van der Waals surface area contributed by atoms with Gasteiger partial charge in [0.2, 0.25) is 0 Å². The summed E-state index contributed by atoms with van der Waals surface area (Å²) in [4.78, 5) is 17.3.